The minimum absolute atomic E-state index is 0.100. The third-order valence-electron chi connectivity index (χ3n) is 4.26. The molecule has 1 aromatic heterocycles. The first kappa shape index (κ1) is 16.7. The van der Waals surface area contributed by atoms with Crippen LogP contribution >= 0.6 is 11.6 Å². The van der Waals surface area contributed by atoms with E-state index in [4.69, 9.17) is 11.6 Å². The average molecular weight is 337 g/mol. The summed E-state index contributed by atoms with van der Waals surface area (Å²) in [5.41, 5.74) is 5.85. The Bertz CT molecular complexity index is 848. The first-order chi connectivity index (χ1) is 11.5. The molecule has 0 spiro atoms. The quantitative estimate of drug-likeness (QED) is 0.771. The molecule has 0 aliphatic heterocycles. The van der Waals surface area contributed by atoms with Gasteiger partial charge in [-0.15, -0.1) is 0 Å². The van der Waals surface area contributed by atoms with Crippen molar-refractivity contribution in [2.45, 2.75) is 26.2 Å². The molecular weight excluding hydrogens is 318 g/mol. The topological polar surface area (TPSA) is 30.0 Å². The summed E-state index contributed by atoms with van der Waals surface area (Å²) >= 11 is 6.04. The number of ketones is 1. The molecule has 2 aromatic rings. The fourth-order valence-corrected chi connectivity index (χ4v) is 3.15. The normalized spacial score (nSPS) is 14.8. The highest BCUT2D eigenvalue weighted by Gasteiger charge is 2.19. The number of hydrogen-bond donors (Lipinski definition) is 0. The maximum atomic E-state index is 12.3. The number of carbonyl (C=O) groups excluding carboxylic acids is 1. The fourth-order valence-electron chi connectivity index (χ4n) is 2.93. The van der Waals surface area contributed by atoms with Crippen LogP contribution in [0.15, 0.2) is 59.8 Å². The highest BCUT2D eigenvalue weighted by molar-refractivity contribution is 6.30. The number of Topliss-reactive ketones (excluding diaryl/α,β-unsaturated/α-hetero) is 1. The van der Waals surface area contributed by atoms with Crippen LogP contribution in [0.25, 0.3) is 5.57 Å². The molecule has 0 N–H and O–H groups in total. The van der Waals surface area contributed by atoms with Gasteiger partial charge in [-0.25, -0.2) is 0 Å². The monoisotopic (exact) mass is 336 g/mol. The molecule has 3 heteroatoms. The van der Waals surface area contributed by atoms with Gasteiger partial charge in [0.25, 0.3) is 0 Å². The Kier molecular flexibility index (Phi) is 4.96. The molecule has 1 aliphatic carbocycles. The molecule has 1 heterocycles. The number of benzene rings is 1. The summed E-state index contributed by atoms with van der Waals surface area (Å²) in [6.45, 7) is 5.94. The van der Waals surface area contributed by atoms with Crippen LogP contribution in [0.1, 0.15) is 29.7 Å². The van der Waals surface area contributed by atoms with E-state index in [1.165, 1.54) is 0 Å². The van der Waals surface area contributed by atoms with Gasteiger partial charge in [-0.05, 0) is 78.8 Å². The van der Waals surface area contributed by atoms with Crippen molar-refractivity contribution in [3.63, 3.8) is 0 Å². The molecule has 0 amide bonds. The van der Waals surface area contributed by atoms with Crippen LogP contribution in [0.2, 0.25) is 5.02 Å². The number of aryl methyl sites for hydroxylation is 2. The van der Waals surface area contributed by atoms with E-state index in [2.05, 4.69) is 24.1 Å². The third-order valence-corrected chi connectivity index (χ3v) is 4.50. The molecule has 2 nitrogen and oxygen atoms in total. The van der Waals surface area contributed by atoms with Crippen LogP contribution in [0, 0.1) is 13.8 Å². The summed E-state index contributed by atoms with van der Waals surface area (Å²) in [6.07, 6.45) is 5.91. The molecule has 0 unspecified atom stereocenters. The maximum absolute atomic E-state index is 12.3. The summed E-state index contributed by atoms with van der Waals surface area (Å²) in [5, 5.41) is 0.736. The van der Waals surface area contributed by atoms with Crippen LogP contribution in [-0.4, -0.2) is 10.8 Å². The lowest BCUT2D eigenvalue weighted by atomic mass is 9.86. The molecule has 3 rings (SSSR count). The molecular formula is C21H19ClNO. The number of hydrogen-bond acceptors (Lipinski definition) is 2. The van der Waals surface area contributed by atoms with Crippen LogP contribution in [0.5, 0.6) is 0 Å². The number of rotatable bonds is 4. The average Bonchev–Trinajstić information content (AvgIpc) is 2.56. The molecule has 0 atom stereocenters. The van der Waals surface area contributed by atoms with Gasteiger partial charge >= 0.3 is 0 Å². The van der Waals surface area contributed by atoms with Crippen LogP contribution in [-0.2, 0) is 11.2 Å². The highest BCUT2D eigenvalue weighted by atomic mass is 35.5. The fraction of sp³-hybridized carbons (Fsp3) is 0.190. The molecule has 0 saturated heterocycles. The zero-order valence-corrected chi connectivity index (χ0v) is 14.4. The van der Waals surface area contributed by atoms with Crippen molar-refractivity contribution >= 4 is 23.0 Å². The van der Waals surface area contributed by atoms with Crippen molar-refractivity contribution in [1.29, 1.82) is 0 Å². The van der Waals surface area contributed by atoms with Crippen molar-refractivity contribution in [3.05, 3.63) is 88.6 Å². The predicted octanol–water partition coefficient (Wildman–Crippen LogP) is 5.16. The van der Waals surface area contributed by atoms with E-state index in [0.29, 0.717) is 12.0 Å². The summed E-state index contributed by atoms with van der Waals surface area (Å²) in [5.74, 6) is 0.100. The second kappa shape index (κ2) is 7.14. The van der Waals surface area contributed by atoms with Crippen molar-refractivity contribution < 1.29 is 4.79 Å². The van der Waals surface area contributed by atoms with Gasteiger partial charge < -0.3 is 0 Å². The summed E-state index contributed by atoms with van der Waals surface area (Å²) in [6, 6.07) is 11.8. The second-order valence-electron chi connectivity index (χ2n) is 6.09. The van der Waals surface area contributed by atoms with E-state index in [0.717, 1.165) is 45.8 Å². The van der Waals surface area contributed by atoms with Crippen molar-refractivity contribution in [1.82, 2.24) is 4.98 Å². The first-order valence-electron chi connectivity index (χ1n) is 7.99. The SMILES string of the molecule is [CH2]C1=C(CCc2cccc(Cl)c2)C=C(c2ccnc(C)c2)CC1=O. The lowest BCUT2D eigenvalue weighted by Gasteiger charge is -2.18. The van der Waals surface area contributed by atoms with Crippen LogP contribution < -0.4 is 0 Å². The zero-order valence-electron chi connectivity index (χ0n) is 13.7. The number of aromatic nitrogens is 1. The smallest absolute Gasteiger partial charge is 0.163 e. The second-order valence-corrected chi connectivity index (χ2v) is 6.53. The number of pyridine rings is 1. The van der Waals surface area contributed by atoms with E-state index in [1.54, 1.807) is 6.20 Å². The lowest BCUT2D eigenvalue weighted by Crippen LogP contribution is -2.10. The van der Waals surface area contributed by atoms with E-state index in [-0.39, 0.29) is 5.78 Å². The Morgan fingerprint density at radius 1 is 1.21 bits per heavy atom. The number of allylic oxidation sites excluding steroid dienone is 4. The van der Waals surface area contributed by atoms with E-state index in [9.17, 15) is 4.79 Å². The third kappa shape index (κ3) is 3.82. The Morgan fingerprint density at radius 3 is 2.79 bits per heavy atom. The van der Waals surface area contributed by atoms with E-state index >= 15 is 0 Å². The van der Waals surface area contributed by atoms with Gasteiger partial charge in [0.1, 0.15) is 0 Å². The molecule has 24 heavy (non-hydrogen) atoms. The molecule has 0 bridgehead atoms. The minimum Gasteiger partial charge on any atom is -0.294 e. The van der Waals surface area contributed by atoms with E-state index in [1.807, 2.05) is 37.3 Å². The van der Waals surface area contributed by atoms with Gasteiger partial charge in [0, 0.05) is 23.3 Å². The van der Waals surface area contributed by atoms with Crippen molar-refractivity contribution in [2.24, 2.45) is 0 Å². The van der Waals surface area contributed by atoms with Gasteiger partial charge in [0.15, 0.2) is 5.78 Å². The molecule has 0 saturated carbocycles. The largest absolute Gasteiger partial charge is 0.294 e. The van der Waals surface area contributed by atoms with Crippen LogP contribution in [0.4, 0.5) is 0 Å². The first-order valence-corrected chi connectivity index (χ1v) is 8.37. The number of halogens is 1. The molecule has 121 valence electrons. The van der Waals surface area contributed by atoms with Gasteiger partial charge in [0.2, 0.25) is 0 Å². The maximum Gasteiger partial charge on any atom is 0.163 e. The number of nitrogens with zero attached hydrogens (tertiary/aromatic N) is 1. The Labute approximate surface area is 147 Å². The van der Waals surface area contributed by atoms with E-state index < -0.39 is 0 Å². The predicted molar refractivity (Wildman–Crippen MR) is 98.7 cm³/mol. The van der Waals surface area contributed by atoms with Gasteiger partial charge in [-0.1, -0.05) is 29.8 Å². The highest BCUT2D eigenvalue weighted by Crippen LogP contribution is 2.30. The Hall–Kier alpha value is -2.19. The summed E-state index contributed by atoms with van der Waals surface area (Å²) in [4.78, 5) is 16.6. The van der Waals surface area contributed by atoms with Crippen molar-refractivity contribution in [3.8, 4) is 0 Å². The molecule has 1 aromatic carbocycles. The van der Waals surface area contributed by atoms with Crippen molar-refractivity contribution in [2.75, 3.05) is 0 Å². The van der Waals surface area contributed by atoms with Crippen LogP contribution in [0.3, 0.4) is 0 Å². The van der Waals surface area contributed by atoms with Gasteiger partial charge in [-0.2, -0.15) is 0 Å². The summed E-state index contributed by atoms with van der Waals surface area (Å²) in [7, 11) is 0. The molecule has 0 fully saturated rings. The Morgan fingerprint density at radius 2 is 2.04 bits per heavy atom. The minimum atomic E-state index is 0.100. The standard InChI is InChI=1S/C21H19ClNO/c1-14-10-18(8-9-23-14)19-12-17(15(2)21(24)13-19)7-6-16-4-3-5-20(22)11-16/h3-5,8-12H,2,6-7,13H2,1H3. The molecule has 1 radical (unpaired) electrons. The zero-order chi connectivity index (χ0) is 17.1. The van der Waals surface area contributed by atoms with Gasteiger partial charge in [0.05, 0.1) is 0 Å². The Balaban J connectivity index is 1.84. The van der Waals surface area contributed by atoms with Gasteiger partial charge in [-0.3, -0.25) is 9.78 Å². The number of carbonyl (C=O) groups is 1. The summed E-state index contributed by atoms with van der Waals surface area (Å²) < 4.78 is 0. The molecule has 1 aliphatic rings. The lowest BCUT2D eigenvalue weighted by molar-refractivity contribution is -0.114.